The predicted molar refractivity (Wildman–Crippen MR) is 63.4 cm³/mol. The van der Waals surface area contributed by atoms with E-state index in [9.17, 15) is 9.59 Å². The number of nitrogens with one attached hydrogen (secondary N) is 1. The fourth-order valence-corrected chi connectivity index (χ4v) is 1.31. The van der Waals surface area contributed by atoms with Crippen LogP contribution in [0, 0.1) is 0 Å². The van der Waals surface area contributed by atoms with E-state index in [1.54, 1.807) is 31.4 Å². The lowest BCUT2D eigenvalue weighted by atomic mass is 10.1. The highest BCUT2D eigenvalue weighted by molar-refractivity contribution is 5.88. The molecule has 6 nitrogen and oxygen atoms in total. The third-order valence-electron chi connectivity index (χ3n) is 2.18. The van der Waals surface area contributed by atoms with Crippen molar-refractivity contribution in [2.24, 2.45) is 11.5 Å². The maximum absolute atomic E-state index is 11.1. The molecule has 5 N–H and O–H groups in total. The maximum Gasteiger partial charge on any atom is 0.240 e. The van der Waals surface area contributed by atoms with Gasteiger partial charge in [-0.25, -0.2) is 0 Å². The van der Waals surface area contributed by atoms with E-state index in [2.05, 4.69) is 5.32 Å². The van der Waals surface area contributed by atoms with Gasteiger partial charge in [0, 0.05) is 5.69 Å². The summed E-state index contributed by atoms with van der Waals surface area (Å²) in [5.41, 5.74) is 10.8. The van der Waals surface area contributed by atoms with Crippen molar-refractivity contribution in [3.63, 3.8) is 0 Å². The number of ether oxygens (including phenoxy) is 1. The van der Waals surface area contributed by atoms with E-state index in [0.717, 1.165) is 0 Å². The molecule has 2 amide bonds. The van der Waals surface area contributed by atoms with Crippen molar-refractivity contribution in [2.75, 3.05) is 12.4 Å². The van der Waals surface area contributed by atoms with E-state index in [4.69, 9.17) is 16.2 Å². The van der Waals surface area contributed by atoms with Gasteiger partial charge in [-0.1, -0.05) is 0 Å². The van der Waals surface area contributed by atoms with Crippen LogP contribution in [0.25, 0.3) is 0 Å². The molecular weight excluding hydrogens is 222 g/mol. The number of rotatable bonds is 6. The average Bonchev–Trinajstić information content (AvgIpc) is 2.28. The van der Waals surface area contributed by atoms with Crippen LogP contribution in [0.5, 0.6) is 5.75 Å². The Hall–Kier alpha value is -2.24. The van der Waals surface area contributed by atoms with E-state index >= 15 is 0 Å². The second-order valence-corrected chi connectivity index (χ2v) is 3.50. The highest BCUT2D eigenvalue weighted by Crippen LogP contribution is 2.16. The summed E-state index contributed by atoms with van der Waals surface area (Å²) in [6.07, 6.45) is -0.138. The number of nitrogens with two attached hydrogens (primary N) is 2. The van der Waals surface area contributed by atoms with Gasteiger partial charge in [0.25, 0.3) is 0 Å². The first kappa shape index (κ1) is 12.8. The lowest BCUT2D eigenvalue weighted by Crippen LogP contribution is -2.38. The summed E-state index contributed by atoms with van der Waals surface area (Å²) in [5.74, 6) is -0.518. The minimum absolute atomic E-state index is 0.138. The Morgan fingerprint density at radius 1 is 1.29 bits per heavy atom. The van der Waals surface area contributed by atoms with E-state index in [1.807, 2.05) is 0 Å². The Kier molecular flexibility index (Phi) is 4.33. The third-order valence-corrected chi connectivity index (χ3v) is 2.18. The first-order valence-corrected chi connectivity index (χ1v) is 5.01. The van der Waals surface area contributed by atoms with Gasteiger partial charge < -0.3 is 21.5 Å². The average molecular weight is 237 g/mol. The highest BCUT2D eigenvalue weighted by atomic mass is 16.5. The largest absolute Gasteiger partial charge is 0.497 e. The molecule has 0 fully saturated rings. The zero-order chi connectivity index (χ0) is 12.8. The van der Waals surface area contributed by atoms with Crippen LogP contribution in [0.2, 0.25) is 0 Å². The highest BCUT2D eigenvalue weighted by Gasteiger charge is 2.17. The number of anilines is 1. The van der Waals surface area contributed by atoms with Gasteiger partial charge in [0.15, 0.2) is 0 Å². The van der Waals surface area contributed by atoms with Crippen LogP contribution in [0.1, 0.15) is 6.42 Å². The normalized spacial score (nSPS) is 11.6. The summed E-state index contributed by atoms with van der Waals surface area (Å²) in [5, 5.41) is 2.83. The number of hydrogen-bond acceptors (Lipinski definition) is 4. The number of benzene rings is 1. The number of amides is 2. The number of hydrogen-bond donors (Lipinski definition) is 3. The van der Waals surface area contributed by atoms with Crippen molar-refractivity contribution in [2.45, 2.75) is 12.5 Å². The van der Waals surface area contributed by atoms with E-state index in [1.165, 1.54) is 0 Å². The SMILES string of the molecule is COc1ccc(NC(CC(N)=O)C(N)=O)cc1. The van der Waals surface area contributed by atoms with E-state index in [-0.39, 0.29) is 6.42 Å². The summed E-state index contributed by atoms with van der Waals surface area (Å²) < 4.78 is 4.99. The molecule has 0 aliphatic rings. The topological polar surface area (TPSA) is 107 Å². The van der Waals surface area contributed by atoms with Crippen LogP contribution in [-0.2, 0) is 9.59 Å². The molecule has 92 valence electrons. The van der Waals surface area contributed by atoms with Gasteiger partial charge in [0.2, 0.25) is 11.8 Å². The number of carbonyl (C=O) groups excluding carboxylic acids is 2. The maximum atomic E-state index is 11.1. The smallest absolute Gasteiger partial charge is 0.240 e. The van der Waals surface area contributed by atoms with Crippen LogP contribution in [-0.4, -0.2) is 25.0 Å². The van der Waals surface area contributed by atoms with Crippen molar-refractivity contribution >= 4 is 17.5 Å². The van der Waals surface area contributed by atoms with Crippen molar-refractivity contribution in [3.8, 4) is 5.75 Å². The standard InChI is InChI=1S/C11H15N3O3/c1-17-8-4-2-7(3-5-8)14-9(11(13)16)6-10(12)15/h2-5,9,14H,6H2,1H3,(H2,12,15)(H2,13,16). The molecule has 0 aliphatic heterocycles. The second kappa shape index (κ2) is 5.74. The van der Waals surface area contributed by atoms with Gasteiger partial charge in [-0.05, 0) is 24.3 Å². The third kappa shape index (κ3) is 4.02. The first-order chi connectivity index (χ1) is 8.02. The fraction of sp³-hybridized carbons (Fsp3) is 0.273. The molecule has 0 aliphatic carbocycles. The van der Waals surface area contributed by atoms with Crippen molar-refractivity contribution in [1.29, 1.82) is 0 Å². The molecule has 1 atom stereocenters. The molecule has 6 heteroatoms. The Morgan fingerprint density at radius 3 is 2.29 bits per heavy atom. The Morgan fingerprint density at radius 2 is 1.88 bits per heavy atom. The molecule has 0 radical (unpaired) electrons. The van der Waals surface area contributed by atoms with Crippen LogP contribution < -0.4 is 21.5 Å². The monoisotopic (exact) mass is 237 g/mol. The van der Waals surface area contributed by atoms with Gasteiger partial charge >= 0.3 is 0 Å². The van der Waals surface area contributed by atoms with Crippen LogP contribution in [0.3, 0.4) is 0 Å². The van der Waals surface area contributed by atoms with E-state index < -0.39 is 17.9 Å². The minimum atomic E-state index is -0.805. The van der Waals surface area contributed by atoms with Gasteiger partial charge in [-0.3, -0.25) is 9.59 Å². The molecule has 0 bridgehead atoms. The molecular formula is C11H15N3O3. The molecule has 1 aromatic carbocycles. The van der Waals surface area contributed by atoms with Crippen molar-refractivity contribution < 1.29 is 14.3 Å². The molecule has 17 heavy (non-hydrogen) atoms. The number of methoxy groups -OCH3 is 1. The first-order valence-electron chi connectivity index (χ1n) is 5.01. The molecule has 0 saturated heterocycles. The molecule has 1 aromatic rings. The summed E-state index contributed by atoms with van der Waals surface area (Å²) >= 11 is 0. The fourth-order valence-electron chi connectivity index (χ4n) is 1.31. The van der Waals surface area contributed by atoms with Gasteiger partial charge in [0.05, 0.1) is 13.5 Å². The Labute approximate surface area is 98.9 Å². The molecule has 0 aromatic heterocycles. The quantitative estimate of drug-likeness (QED) is 0.638. The summed E-state index contributed by atoms with van der Waals surface area (Å²) in [4.78, 5) is 21.8. The van der Waals surface area contributed by atoms with Crippen molar-refractivity contribution in [1.82, 2.24) is 0 Å². The van der Waals surface area contributed by atoms with E-state index in [0.29, 0.717) is 11.4 Å². The van der Waals surface area contributed by atoms with Gasteiger partial charge in [-0.2, -0.15) is 0 Å². The molecule has 0 saturated carbocycles. The minimum Gasteiger partial charge on any atom is -0.497 e. The lowest BCUT2D eigenvalue weighted by Gasteiger charge is -2.15. The molecule has 1 unspecified atom stereocenters. The zero-order valence-corrected chi connectivity index (χ0v) is 9.47. The second-order valence-electron chi connectivity index (χ2n) is 3.50. The molecule has 1 rings (SSSR count). The summed E-state index contributed by atoms with van der Waals surface area (Å²) in [6, 6.07) is 6.08. The van der Waals surface area contributed by atoms with Crippen LogP contribution in [0.4, 0.5) is 5.69 Å². The Bertz CT molecular complexity index is 403. The predicted octanol–water partition coefficient (Wildman–Crippen LogP) is -0.164. The Balaban J connectivity index is 2.71. The van der Waals surface area contributed by atoms with Crippen LogP contribution >= 0.6 is 0 Å². The van der Waals surface area contributed by atoms with Gasteiger partial charge in [0.1, 0.15) is 11.8 Å². The summed E-state index contributed by atoms with van der Waals surface area (Å²) in [6.45, 7) is 0. The lowest BCUT2D eigenvalue weighted by molar-refractivity contribution is -0.123. The van der Waals surface area contributed by atoms with Crippen molar-refractivity contribution in [3.05, 3.63) is 24.3 Å². The summed E-state index contributed by atoms with van der Waals surface area (Å²) in [7, 11) is 1.56. The number of primary amides is 2. The van der Waals surface area contributed by atoms with Crippen LogP contribution in [0.15, 0.2) is 24.3 Å². The molecule has 0 spiro atoms. The zero-order valence-electron chi connectivity index (χ0n) is 9.47. The number of carbonyl (C=O) groups is 2. The van der Waals surface area contributed by atoms with Gasteiger partial charge in [-0.15, -0.1) is 0 Å². The molecule has 0 heterocycles.